The second-order valence-electron chi connectivity index (χ2n) is 2.66. The Morgan fingerprint density at radius 1 is 1.86 bits per heavy atom. The Bertz CT molecular complexity index is 356. The Morgan fingerprint density at radius 2 is 2.57 bits per heavy atom. The molecule has 0 aliphatic heterocycles. The smallest absolute Gasteiger partial charge is 0.280 e. The zero-order chi connectivity index (χ0) is 10.6. The molecule has 1 amide bonds. The molecule has 76 valence electrons. The Hall–Kier alpha value is -1.82. The summed E-state index contributed by atoms with van der Waals surface area (Å²) in [4.78, 5) is 11.0. The second kappa shape index (κ2) is 4.43. The van der Waals surface area contributed by atoms with E-state index in [1.165, 1.54) is 16.4 Å². The number of allylic oxidation sites excluding steroid dienone is 2. The van der Waals surface area contributed by atoms with Gasteiger partial charge in [-0.15, -0.1) is 0 Å². The van der Waals surface area contributed by atoms with Crippen LogP contribution in [0.15, 0.2) is 18.3 Å². The lowest BCUT2D eigenvalue weighted by Crippen LogP contribution is -2.19. The van der Waals surface area contributed by atoms with Crippen molar-refractivity contribution in [3.8, 4) is 0 Å². The molecule has 0 aromatic carbocycles. The Labute approximate surface area is 81.0 Å². The zero-order valence-electron chi connectivity index (χ0n) is 7.77. The predicted octanol–water partition coefficient (Wildman–Crippen LogP) is 0.160. The van der Waals surface area contributed by atoms with Crippen LogP contribution in [0.25, 0.3) is 0 Å². The van der Waals surface area contributed by atoms with Gasteiger partial charge in [0.1, 0.15) is 5.56 Å². The van der Waals surface area contributed by atoms with Crippen LogP contribution in [0.5, 0.6) is 0 Å². The minimum Gasteiger partial charge on any atom is -0.382 e. The number of hydroxylamine groups is 1. The normalized spacial score (nSPS) is 10.7. The van der Waals surface area contributed by atoms with Crippen LogP contribution in [-0.4, -0.2) is 20.9 Å². The fourth-order valence-electron chi connectivity index (χ4n) is 0.978. The Morgan fingerprint density at radius 3 is 3.14 bits per heavy atom. The van der Waals surface area contributed by atoms with Crippen LogP contribution < -0.4 is 11.2 Å². The fraction of sp³-hybridized carbons (Fsp3) is 0.250. The monoisotopic (exact) mass is 196 g/mol. The van der Waals surface area contributed by atoms with Crippen LogP contribution >= 0.6 is 0 Å². The van der Waals surface area contributed by atoms with Crippen molar-refractivity contribution >= 4 is 11.7 Å². The van der Waals surface area contributed by atoms with Crippen molar-refractivity contribution < 1.29 is 10.0 Å². The molecule has 0 fully saturated rings. The number of nitrogens with zero attached hydrogens (tertiary/aromatic N) is 2. The van der Waals surface area contributed by atoms with Gasteiger partial charge in [-0.3, -0.25) is 14.7 Å². The van der Waals surface area contributed by atoms with E-state index in [1.54, 1.807) is 0 Å². The highest BCUT2D eigenvalue weighted by molar-refractivity contribution is 5.97. The summed E-state index contributed by atoms with van der Waals surface area (Å²) < 4.78 is 1.51. The molecule has 4 N–H and O–H groups in total. The SMILES string of the molecule is CC=CCn1cc(C(=O)NO)c(N)n1. The number of aromatic nitrogens is 2. The molecule has 0 saturated carbocycles. The van der Waals surface area contributed by atoms with E-state index in [9.17, 15) is 4.79 Å². The first-order valence-corrected chi connectivity index (χ1v) is 4.07. The molecule has 1 aromatic heterocycles. The van der Waals surface area contributed by atoms with Gasteiger partial charge in [0, 0.05) is 6.20 Å². The molecule has 0 aliphatic carbocycles. The number of nitrogen functional groups attached to an aromatic ring is 1. The quantitative estimate of drug-likeness (QED) is 0.364. The average Bonchev–Trinajstić information content (AvgIpc) is 2.55. The number of anilines is 1. The Balaban J connectivity index is 2.87. The Kier molecular flexibility index (Phi) is 3.24. The maximum Gasteiger partial charge on any atom is 0.280 e. The molecule has 6 heteroatoms. The summed E-state index contributed by atoms with van der Waals surface area (Å²) in [5.74, 6) is -0.560. The van der Waals surface area contributed by atoms with Crippen LogP contribution in [-0.2, 0) is 6.54 Å². The lowest BCUT2D eigenvalue weighted by molar-refractivity contribution is 0.0707. The van der Waals surface area contributed by atoms with E-state index in [0.29, 0.717) is 6.54 Å². The van der Waals surface area contributed by atoms with Crippen LogP contribution in [0.1, 0.15) is 17.3 Å². The molecule has 6 nitrogen and oxygen atoms in total. The average molecular weight is 196 g/mol. The summed E-state index contributed by atoms with van der Waals surface area (Å²) in [5, 5.41) is 12.3. The van der Waals surface area contributed by atoms with Gasteiger partial charge in [0.2, 0.25) is 0 Å². The topological polar surface area (TPSA) is 93.2 Å². The van der Waals surface area contributed by atoms with Crippen molar-refractivity contribution in [1.82, 2.24) is 15.3 Å². The lowest BCUT2D eigenvalue weighted by atomic mass is 10.3. The second-order valence-corrected chi connectivity index (χ2v) is 2.66. The summed E-state index contributed by atoms with van der Waals surface area (Å²) in [6.07, 6.45) is 5.21. The number of carbonyl (C=O) groups excluding carboxylic acids is 1. The number of hydrogen-bond donors (Lipinski definition) is 3. The van der Waals surface area contributed by atoms with Gasteiger partial charge >= 0.3 is 0 Å². The number of amides is 1. The molecular formula is C8H12N4O2. The van der Waals surface area contributed by atoms with Crippen molar-refractivity contribution in [2.24, 2.45) is 0 Å². The van der Waals surface area contributed by atoms with E-state index in [1.807, 2.05) is 19.1 Å². The highest BCUT2D eigenvalue weighted by atomic mass is 16.5. The highest BCUT2D eigenvalue weighted by Gasteiger charge is 2.12. The molecule has 1 heterocycles. The molecule has 0 aliphatic rings. The third-order valence-corrected chi connectivity index (χ3v) is 1.66. The number of carbonyl (C=O) groups is 1. The largest absolute Gasteiger partial charge is 0.382 e. The van der Waals surface area contributed by atoms with E-state index in [0.717, 1.165) is 0 Å². The number of nitrogens with two attached hydrogens (primary N) is 1. The third kappa shape index (κ3) is 2.11. The van der Waals surface area contributed by atoms with Crippen LogP contribution in [0.4, 0.5) is 5.82 Å². The first kappa shape index (κ1) is 10.3. The number of rotatable bonds is 3. The summed E-state index contributed by atoms with van der Waals surface area (Å²) in [6, 6.07) is 0. The van der Waals surface area contributed by atoms with Gasteiger partial charge in [0.15, 0.2) is 5.82 Å². The molecule has 0 saturated heterocycles. The lowest BCUT2D eigenvalue weighted by Gasteiger charge is -1.93. The van der Waals surface area contributed by atoms with Crippen molar-refractivity contribution in [2.75, 3.05) is 5.73 Å². The van der Waals surface area contributed by atoms with E-state index < -0.39 is 5.91 Å². The van der Waals surface area contributed by atoms with Gasteiger partial charge in [-0.25, -0.2) is 5.48 Å². The third-order valence-electron chi connectivity index (χ3n) is 1.66. The molecule has 0 bridgehead atoms. The molecular weight excluding hydrogens is 184 g/mol. The summed E-state index contributed by atoms with van der Waals surface area (Å²) in [5.41, 5.74) is 7.13. The standard InChI is InChI=1S/C8H12N4O2/c1-2-3-4-12-5-6(7(9)10-12)8(13)11-14/h2-3,5,14H,4H2,1H3,(H2,9,10)(H,11,13). The molecule has 14 heavy (non-hydrogen) atoms. The summed E-state index contributed by atoms with van der Waals surface area (Å²) in [7, 11) is 0. The van der Waals surface area contributed by atoms with Gasteiger partial charge in [-0.2, -0.15) is 5.10 Å². The molecule has 1 aromatic rings. The van der Waals surface area contributed by atoms with Crippen LogP contribution in [0, 0.1) is 0 Å². The minimum absolute atomic E-state index is 0.0982. The van der Waals surface area contributed by atoms with Crippen molar-refractivity contribution in [3.63, 3.8) is 0 Å². The molecule has 0 radical (unpaired) electrons. The van der Waals surface area contributed by atoms with Gasteiger partial charge in [-0.1, -0.05) is 12.2 Å². The minimum atomic E-state index is -0.658. The van der Waals surface area contributed by atoms with Gasteiger partial charge < -0.3 is 5.73 Å². The predicted molar refractivity (Wildman–Crippen MR) is 50.7 cm³/mol. The van der Waals surface area contributed by atoms with E-state index in [2.05, 4.69) is 5.10 Å². The van der Waals surface area contributed by atoms with E-state index in [-0.39, 0.29) is 11.4 Å². The summed E-state index contributed by atoms with van der Waals surface area (Å²) in [6.45, 7) is 2.42. The molecule has 0 spiro atoms. The molecule has 1 rings (SSSR count). The van der Waals surface area contributed by atoms with E-state index in [4.69, 9.17) is 10.9 Å². The fourth-order valence-corrected chi connectivity index (χ4v) is 0.978. The maximum absolute atomic E-state index is 11.0. The van der Waals surface area contributed by atoms with Crippen molar-refractivity contribution in [2.45, 2.75) is 13.5 Å². The van der Waals surface area contributed by atoms with Crippen molar-refractivity contribution in [1.29, 1.82) is 0 Å². The maximum atomic E-state index is 11.0. The van der Waals surface area contributed by atoms with E-state index >= 15 is 0 Å². The van der Waals surface area contributed by atoms with Gasteiger partial charge in [0.05, 0.1) is 6.54 Å². The first-order valence-electron chi connectivity index (χ1n) is 4.07. The van der Waals surface area contributed by atoms with Gasteiger partial charge in [0.25, 0.3) is 5.91 Å². The van der Waals surface area contributed by atoms with Crippen LogP contribution in [0.3, 0.4) is 0 Å². The zero-order valence-corrected chi connectivity index (χ0v) is 7.77. The van der Waals surface area contributed by atoms with Crippen LogP contribution in [0.2, 0.25) is 0 Å². The number of nitrogens with one attached hydrogen (secondary N) is 1. The highest BCUT2D eigenvalue weighted by Crippen LogP contribution is 2.08. The number of hydrogen-bond acceptors (Lipinski definition) is 4. The van der Waals surface area contributed by atoms with Gasteiger partial charge in [-0.05, 0) is 6.92 Å². The molecule has 0 unspecified atom stereocenters. The van der Waals surface area contributed by atoms with Crippen molar-refractivity contribution in [3.05, 3.63) is 23.9 Å². The first-order chi connectivity index (χ1) is 6.69. The summed E-state index contributed by atoms with van der Waals surface area (Å²) >= 11 is 0. The molecule has 0 atom stereocenters.